The molecule has 2 nitrogen and oxygen atoms in total. The Bertz CT molecular complexity index is 426. The molecule has 0 aliphatic heterocycles. The van der Waals surface area contributed by atoms with Crippen LogP contribution in [0.15, 0.2) is 22.6 Å². The second-order valence-electron chi connectivity index (χ2n) is 2.64. The molecule has 0 bridgehead atoms. The molecule has 13 heavy (non-hydrogen) atoms. The van der Waals surface area contributed by atoms with E-state index in [9.17, 15) is 0 Å². The molecule has 0 fully saturated rings. The fourth-order valence-corrected chi connectivity index (χ4v) is 1.78. The number of nitrogens with zero attached hydrogens (tertiary/aromatic N) is 1. The highest BCUT2D eigenvalue weighted by Gasteiger charge is 2.07. The van der Waals surface area contributed by atoms with E-state index in [1.807, 2.05) is 18.2 Å². The Labute approximate surface area is 89.0 Å². The molecule has 2 rings (SSSR count). The molecule has 68 valence electrons. The smallest absolute Gasteiger partial charge is 0.210 e. The number of fused-ring (bicyclic) bond motifs is 1. The summed E-state index contributed by atoms with van der Waals surface area (Å²) in [7, 11) is 0. The Kier molecular flexibility index (Phi) is 2.56. The van der Waals surface area contributed by atoms with Gasteiger partial charge in [-0.1, -0.05) is 28.1 Å². The van der Waals surface area contributed by atoms with E-state index in [0.717, 1.165) is 22.0 Å². The van der Waals surface area contributed by atoms with Gasteiger partial charge in [-0.05, 0) is 11.6 Å². The Morgan fingerprint density at radius 1 is 1.46 bits per heavy atom. The summed E-state index contributed by atoms with van der Waals surface area (Å²) in [4.78, 5) is 4.27. The van der Waals surface area contributed by atoms with Crippen molar-refractivity contribution in [3.05, 3.63) is 29.7 Å². The van der Waals surface area contributed by atoms with Crippen molar-refractivity contribution in [2.45, 2.75) is 11.2 Å². The molecule has 0 saturated carbocycles. The van der Waals surface area contributed by atoms with Crippen molar-refractivity contribution >= 4 is 38.6 Å². The standard InChI is InChI=1S/C9H7BrClNO/c10-4-6-2-1-3-7-9(6)12-8(5-11)13-7/h1-3H,4-5H2. The first-order valence-electron chi connectivity index (χ1n) is 3.84. The lowest BCUT2D eigenvalue weighted by Gasteiger charge is -1.92. The minimum Gasteiger partial charge on any atom is -0.439 e. The molecule has 2 aromatic rings. The molecule has 1 heterocycles. The number of rotatable bonds is 2. The quantitative estimate of drug-likeness (QED) is 0.773. The van der Waals surface area contributed by atoms with E-state index in [4.69, 9.17) is 16.0 Å². The third-order valence-electron chi connectivity index (χ3n) is 1.81. The second kappa shape index (κ2) is 3.68. The molecule has 0 N–H and O–H groups in total. The predicted molar refractivity (Wildman–Crippen MR) is 56.2 cm³/mol. The van der Waals surface area contributed by atoms with Crippen LogP contribution >= 0.6 is 27.5 Å². The third-order valence-corrected chi connectivity index (χ3v) is 2.64. The molecule has 0 saturated heterocycles. The first kappa shape index (κ1) is 9.03. The van der Waals surface area contributed by atoms with Crippen LogP contribution in [0.4, 0.5) is 0 Å². The van der Waals surface area contributed by atoms with Crippen LogP contribution in [0.1, 0.15) is 11.5 Å². The monoisotopic (exact) mass is 259 g/mol. The van der Waals surface area contributed by atoms with Gasteiger partial charge in [0.15, 0.2) is 5.58 Å². The zero-order chi connectivity index (χ0) is 9.26. The van der Waals surface area contributed by atoms with Gasteiger partial charge in [-0.3, -0.25) is 0 Å². The van der Waals surface area contributed by atoms with Gasteiger partial charge in [-0.15, -0.1) is 11.6 Å². The van der Waals surface area contributed by atoms with Gasteiger partial charge in [-0.2, -0.15) is 0 Å². The lowest BCUT2D eigenvalue weighted by atomic mass is 10.2. The van der Waals surface area contributed by atoms with Crippen LogP contribution in [0.5, 0.6) is 0 Å². The summed E-state index contributed by atoms with van der Waals surface area (Å²) >= 11 is 9.02. The van der Waals surface area contributed by atoms with Crippen LogP contribution in [0, 0.1) is 0 Å². The number of hydrogen-bond donors (Lipinski definition) is 0. The first-order valence-corrected chi connectivity index (χ1v) is 5.50. The lowest BCUT2D eigenvalue weighted by Crippen LogP contribution is -1.80. The van der Waals surface area contributed by atoms with Crippen molar-refractivity contribution < 1.29 is 4.42 Å². The maximum atomic E-state index is 5.63. The van der Waals surface area contributed by atoms with Crippen LogP contribution in [0.3, 0.4) is 0 Å². The van der Waals surface area contributed by atoms with Gasteiger partial charge in [-0.25, -0.2) is 4.98 Å². The van der Waals surface area contributed by atoms with Crippen LogP contribution in [-0.2, 0) is 11.2 Å². The van der Waals surface area contributed by atoms with Gasteiger partial charge >= 0.3 is 0 Å². The second-order valence-corrected chi connectivity index (χ2v) is 3.47. The molecule has 0 radical (unpaired) electrons. The molecule has 1 aromatic heterocycles. The Balaban J connectivity index is 2.67. The van der Waals surface area contributed by atoms with Crippen LogP contribution in [0.2, 0.25) is 0 Å². The minimum atomic E-state index is 0.316. The minimum absolute atomic E-state index is 0.316. The number of oxazole rings is 1. The summed E-state index contributed by atoms with van der Waals surface area (Å²) in [6.07, 6.45) is 0. The lowest BCUT2D eigenvalue weighted by molar-refractivity contribution is 0.555. The van der Waals surface area contributed by atoms with Crippen molar-refractivity contribution in [1.29, 1.82) is 0 Å². The average molecular weight is 261 g/mol. The van der Waals surface area contributed by atoms with Crippen molar-refractivity contribution in [2.75, 3.05) is 0 Å². The topological polar surface area (TPSA) is 26.0 Å². The largest absolute Gasteiger partial charge is 0.439 e. The fraction of sp³-hybridized carbons (Fsp3) is 0.222. The van der Waals surface area contributed by atoms with Crippen LogP contribution in [0.25, 0.3) is 11.1 Å². The SMILES string of the molecule is ClCc1nc2c(CBr)cccc2o1. The van der Waals surface area contributed by atoms with E-state index in [1.165, 1.54) is 0 Å². The Hall–Kier alpha value is -0.540. The number of alkyl halides is 2. The number of hydrogen-bond acceptors (Lipinski definition) is 2. The number of halogens is 2. The van der Waals surface area contributed by atoms with E-state index in [2.05, 4.69) is 20.9 Å². The van der Waals surface area contributed by atoms with Gasteiger partial charge in [0, 0.05) is 5.33 Å². The predicted octanol–water partition coefficient (Wildman–Crippen LogP) is 3.46. The van der Waals surface area contributed by atoms with Gasteiger partial charge in [0.1, 0.15) is 5.52 Å². The van der Waals surface area contributed by atoms with Crippen LogP contribution < -0.4 is 0 Å². The Morgan fingerprint density at radius 3 is 3.00 bits per heavy atom. The molecule has 0 spiro atoms. The number of aromatic nitrogens is 1. The van der Waals surface area contributed by atoms with E-state index in [0.29, 0.717) is 11.8 Å². The summed E-state index contributed by atoms with van der Waals surface area (Å²) in [5.41, 5.74) is 2.82. The number of para-hydroxylation sites is 1. The molecule has 0 unspecified atom stereocenters. The summed E-state index contributed by atoms with van der Waals surface area (Å²) in [6.45, 7) is 0. The van der Waals surface area contributed by atoms with Crippen molar-refractivity contribution in [3.8, 4) is 0 Å². The van der Waals surface area contributed by atoms with E-state index >= 15 is 0 Å². The van der Waals surface area contributed by atoms with Crippen molar-refractivity contribution in [1.82, 2.24) is 4.98 Å². The highest BCUT2D eigenvalue weighted by atomic mass is 79.9. The molecular formula is C9H7BrClNO. The Morgan fingerprint density at radius 2 is 2.31 bits per heavy atom. The third kappa shape index (κ3) is 1.58. The van der Waals surface area contributed by atoms with Crippen molar-refractivity contribution in [2.24, 2.45) is 0 Å². The van der Waals surface area contributed by atoms with E-state index in [-0.39, 0.29) is 0 Å². The number of benzene rings is 1. The van der Waals surface area contributed by atoms with Gasteiger partial charge in [0.05, 0.1) is 5.88 Å². The molecule has 0 aliphatic carbocycles. The molecule has 1 aromatic carbocycles. The maximum absolute atomic E-state index is 5.63. The highest BCUT2D eigenvalue weighted by molar-refractivity contribution is 9.08. The normalized spacial score (nSPS) is 10.9. The summed E-state index contributed by atoms with van der Waals surface area (Å²) in [5, 5.41) is 0.776. The molecule has 4 heteroatoms. The molecule has 0 amide bonds. The summed E-state index contributed by atoms with van der Waals surface area (Å²) in [6, 6.07) is 5.85. The summed E-state index contributed by atoms with van der Waals surface area (Å²) in [5.74, 6) is 0.890. The molecule has 0 atom stereocenters. The van der Waals surface area contributed by atoms with Gasteiger partial charge in [0.2, 0.25) is 5.89 Å². The maximum Gasteiger partial charge on any atom is 0.210 e. The molecule has 0 aliphatic rings. The highest BCUT2D eigenvalue weighted by Crippen LogP contribution is 2.21. The zero-order valence-electron chi connectivity index (χ0n) is 6.76. The van der Waals surface area contributed by atoms with Crippen molar-refractivity contribution in [3.63, 3.8) is 0 Å². The summed E-state index contributed by atoms with van der Waals surface area (Å²) < 4.78 is 5.40. The van der Waals surface area contributed by atoms with E-state index in [1.54, 1.807) is 0 Å². The first-order chi connectivity index (χ1) is 6.35. The van der Waals surface area contributed by atoms with Gasteiger partial charge in [0.25, 0.3) is 0 Å². The zero-order valence-corrected chi connectivity index (χ0v) is 9.10. The van der Waals surface area contributed by atoms with E-state index < -0.39 is 0 Å². The van der Waals surface area contributed by atoms with Crippen LogP contribution in [-0.4, -0.2) is 4.98 Å². The average Bonchev–Trinajstić information content (AvgIpc) is 2.59. The fourth-order valence-electron chi connectivity index (χ4n) is 1.22. The van der Waals surface area contributed by atoms with Gasteiger partial charge < -0.3 is 4.42 Å². The molecular weight excluding hydrogens is 253 g/mol.